The minimum atomic E-state index is -0.400. The van der Waals surface area contributed by atoms with Crippen LogP contribution in [0.1, 0.15) is 30.3 Å². The number of carbonyl (C=O) groups is 1. The van der Waals surface area contributed by atoms with E-state index in [1.165, 1.54) is 28.0 Å². The molecule has 0 saturated carbocycles. The summed E-state index contributed by atoms with van der Waals surface area (Å²) in [6.07, 6.45) is 7.76. The largest absolute Gasteiger partial charge is 0.383 e. The summed E-state index contributed by atoms with van der Waals surface area (Å²) in [7, 11) is 0. The molecule has 2 aromatic heterocycles. The van der Waals surface area contributed by atoms with Crippen molar-refractivity contribution in [3.63, 3.8) is 0 Å². The maximum Gasteiger partial charge on any atom is 0.283 e. The normalized spacial score (nSPS) is 14.3. The maximum absolute atomic E-state index is 12.2. The SMILES string of the molecule is CC(C)c1nn2c(N)c(C=C3C=CC(=O)C=C3)c(=O)nc2s1. The molecular weight excluding hydrogens is 300 g/mol. The molecule has 0 aromatic carbocycles. The zero-order valence-corrected chi connectivity index (χ0v) is 12.9. The molecule has 3 rings (SSSR count). The summed E-state index contributed by atoms with van der Waals surface area (Å²) in [5.41, 5.74) is 6.67. The van der Waals surface area contributed by atoms with Crippen molar-refractivity contribution in [2.75, 3.05) is 5.73 Å². The number of hydrogen-bond acceptors (Lipinski definition) is 6. The van der Waals surface area contributed by atoms with Gasteiger partial charge in [0.05, 0.1) is 5.56 Å². The summed E-state index contributed by atoms with van der Waals surface area (Å²) in [5.74, 6) is 0.402. The lowest BCUT2D eigenvalue weighted by molar-refractivity contribution is -0.110. The number of anilines is 1. The van der Waals surface area contributed by atoms with Gasteiger partial charge in [-0.2, -0.15) is 14.6 Å². The van der Waals surface area contributed by atoms with Crippen molar-refractivity contribution in [3.8, 4) is 0 Å². The Kier molecular flexibility index (Phi) is 3.50. The molecule has 1 aliphatic carbocycles. The van der Waals surface area contributed by atoms with Crippen LogP contribution in [0.5, 0.6) is 0 Å². The molecule has 0 fully saturated rings. The van der Waals surface area contributed by atoms with E-state index in [4.69, 9.17) is 5.73 Å². The minimum Gasteiger partial charge on any atom is -0.383 e. The standard InChI is InChI=1S/C15H14N4O2S/c1-8(2)14-18-19-12(16)11(13(21)17-15(19)22-14)7-9-3-5-10(20)6-4-9/h3-8H,16H2,1-2H3. The molecule has 0 saturated heterocycles. The van der Waals surface area contributed by atoms with E-state index < -0.39 is 5.56 Å². The number of fused-ring (bicyclic) bond motifs is 1. The van der Waals surface area contributed by atoms with E-state index in [2.05, 4.69) is 10.1 Å². The fourth-order valence-corrected chi connectivity index (χ4v) is 2.90. The number of aromatic nitrogens is 3. The lowest BCUT2D eigenvalue weighted by Gasteiger charge is -2.03. The first-order valence-corrected chi connectivity index (χ1v) is 7.58. The van der Waals surface area contributed by atoms with Gasteiger partial charge in [-0.3, -0.25) is 9.59 Å². The molecule has 0 radical (unpaired) electrons. The summed E-state index contributed by atoms with van der Waals surface area (Å²) >= 11 is 1.36. The van der Waals surface area contributed by atoms with Crippen molar-refractivity contribution >= 4 is 34.0 Å². The summed E-state index contributed by atoms with van der Waals surface area (Å²) in [6, 6.07) is 0. The number of rotatable bonds is 2. The molecule has 2 aromatic rings. The molecule has 0 unspecified atom stereocenters. The molecule has 2 heterocycles. The van der Waals surface area contributed by atoms with Gasteiger partial charge in [-0.15, -0.1) is 0 Å². The Hall–Kier alpha value is -2.54. The summed E-state index contributed by atoms with van der Waals surface area (Å²) in [6.45, 7) is 4.04. The van der Waals surface area contributed by atoms with Gasteiger partial charge in [-0.05, 0) is 23.8 Å². The van der Waals surface area contributed by atoms with Crippen molar-refractivity contribution < 1.29 is 4.79 Å². The average Bonchev–Trinajstić information content (AvgIpc) is 2.90. The molecule has 6 nitrogen and oxygen atoms in total. The highest BCUT2D eigenvalue weighted by Crippen LogP contribution is 2.23. The Labute approximate surface area is 130 Å². The molecule has 0 amide bonds. The van der Waals surface area contributed by atoms with Crippen LogP contribution < -0.4 is 11.3 Å². The molecule has 7 heteroatoms. The smallest absolute Gasteiger partial charge is 0.283 e. The van der Waals surface area contributed by atoms with E-state index in [9.17, 15) is 9.59 Å². The second kappa shape index (κ2) is 5.34. The number of nitrogens with zero attached hydrogens (tertiary/aromatic N) is 3. The van der Waals surface area contributed by atoms with Gasteiger partial charge in [0.1, 0.15) is 10.8 Å². The Balaban J connectivity index is 2.16. The van der Waals surface area contributed by atoms with E-state index in [1.807, 2.05) is 13.8 Å². The van der Waals surface area contributed by atoms with Crippen LogP contribution in [0.4, 0.5) is 5.82 Å². The van der Waals surface area contributed by atoms with Crippen LogP contribution in [0.3, 0.4) is 0 Å². The van der Waals surface area contributed by atoms with Gasteiger partial charge in [0.25, 0.3) is 5.56 Å². The van der Waals surface area contributed by atoms with Gasteiger partial charge in [-0.25, -0.2) is 0 Å². The zero-order chi connectivity index (χ0) is 15.9. The number of nitrogens with two attached hydrogens (primary N) is 1. The fraction of sp³-hybridized carbons (Fsp3) is 0.200. The molecule has 2 N–H and O–H groups in total. The summed E-state index contributed by atoms with van der Waals surface area (Å²) in [5, 5.41) is 5.28. The Morgan fingerprint density at radius 2 is 1.91 bits per heavy atom. The highest BCUT2D eigenvalue weighted by atomic mass is 32.1. The van der Waals surface area contributed by atoms with Crippen LogP contribution in [0.25, 0.3) is 11.0 Å². The van der Waals surface area contributed by atoms with E-state index in [-0.39, 0.29) is 23.1 Å². The zero-order valence-electron chi connectivity index (χ0n) is 12.1. The predicted octanol–water partition coefficient (Wildman–Crippen LogP) is 1.94. The van der Waals surface area contributed by atoms with Gasteiger partial charge in [-0.1, -0.05) is 37.3 Å². The van der Waals surface area contributed by atoms with Crippen LogP contribution in [0.15, 0.2) is 34.7 Å². The molecule has 0 bridgehead atoms. The molecule has 22 heavy (non-hydrogen) atoms. The van der Waals surface area contributed by atoms with Gasteiger partial charge in [0.15, 0.2) is 5.78 Å². The van der Waals surface area contributed by atoms with Gasteiger partial charge in [0, 0.05) is 5.92 Å². The van der Waals surface area contributed by atoms with Crippen LogP contribution >= 0.6 is 11.3 Å². The van der Waals surface area contributed by atoms with Crippen molar-refractivity contribution in [1.29, 1.82) is 0 Å². The monoisotopic (exact) mass is 314 g/mol. The molecule has 0 aliphatic heterocycles. The summed E-state index contributed by atoms with van der Waals surface area (Å²) in [4.78, 5) is 27.8. The fourth-order valence-electron chi connectivity index (χ4n) is 2.00. The number of nitrogen functional groups attached to an aromatic ring is 1. The van der Waals surface area contributed by atoms with Crippen molar-refractivity contribution in [1.82, 2.24) is 14.6 Å². The highest BCUT2D eigenvalue weighted by Gasteiger charge is 2.15. The first-order valence-electron chi connectivity index (χ1n) is 6.77. The topological polar surface area (TPSA) is 90.4 Å². The molecular formula is C15H14N4O2S. The Morgan fingerprint density at radius 3 is 2.55 bits per heavy atom. The Morgan fingerprint density at radius 1 is 1.23 bits per heavy atom. The molecule has 1 aliphatic rings. The third-order valence-electron chi connectivity index (χ3n) is 3.19. The van der Waals surface area contributed by atoms with Gasteiger partial charge in [0.2, 0.25) is 4.96 Å². The predicted molar refractivity (Wildman–Crippen MR) is 86.9 cm³/mol. The van der Waals surface area contributed by atoms with E-state index in [0.29, 0.717) is 10.5 Å². The summed E-state index contributed by atoms with van der Waals surface area (Å²) < 4.78 is 1.50. The van der Waals surface area contributed by atoms with Gasteiger partial charge >= 0.3 is 0 Å². The van der Waals surface area contributed by atoms with Crippen molar-refractivity contribution in [3.05, 3.63) is 50.8 Å². The third-order valence-corrected chi connectivity index (χ3v) is 4.40. The van der Waals surface area contributed by atoms with Crippen molar-refractivity contribution in [2.24, 2.45) is 0 Å². The molecule has 0 spiro atoms. The first-order chi connectivity index (χ1) is 10.5. The van der Waals surface area contributed by atoms with E-state index >= 15 is 0 Å². The van der Waals surface area contributed by atoms with Crippen molar-refractivity contribution in [2.45, 2.75) is 19.8 Å². The molecule has 112 valence electrons. The molecule has 0 atom stereocenters. The number of carbonyl (C=O) groups excluding carboxylic acids is 1. The average molecular weight is 314 g/mol. The van der Waals surface area contributed by atoms with Gasteiger partial charge < -0.3 is 5.73 Å². The van der Waals surface area contributed by atoms with E-state index in [1.54, 1.807) is 18.2 Å². The number of hydrogen-bond donors (Lipinski definition) is 1. The maximum atomic E-state index is 12.2. The number of ketones is 1. The van der Waals surface area contributed by atoms with Crippen LogP contribution in [-0.2, 0) is 4.79 Å². The lowest BCUT2D eigenvalue weighted by atomic mass is 10.1. The first kappa shape index (κ1) is 14.4. The lowest BCUT2D eigenvalue weighted by Crippen LogP contribution is -2.16. The number of allylic oxidation sites excluding steroid dienone is 5. The second-order valence-corrected chi connectivity index (χ2v) is 6.21. The van der Waals surface area contributed by atoms with E-state index in [0.717, 1.165) is 5.01 Å². The minimum absolute atomic E-state index is 0.0866. The van der Waals surface area contributed by atoms with Crippen LogP contribution in [0.2, 0.25) is 0 Å². The highest BCUT2D eigenvalue weighted by molar-refractivity contribution is 7.16. The van der Waals surface area contributed by atoms with Crippen LogP contribution in [0, 0.1) is 0 Å². The second-order valence-electron chi connectivity index (χ2n) is 5.22. The Bertz CT molecular complexity index is 898. The quantitative estimate of drug-likeness (QED) is 0.914. The third kappa shape index (κ3) is 2.50. The van der Waals surface area contributed by atoms with Crippen LogP contribution in [-0.4, -0.2) is 20.4 Å².